The summed E-state index contributed by atoms with van der Waals surface area (Å²) in [5.41, 5.74) is 0. The largest absolute Gasteiger partial charge is 0.469 e. The average Bonchev–Trinajstić information content (AvgIpc) is 2.88. The van der Waals surface area contributed by atoms with E-state index in [2.05, 4.69) is 12.2 Å². The Bertz CT molecular complexity index is 309. The maximum Gasteiger partial charge on any atom is 0.220 e. The minimum Gasteiger partial charge on any atom is -0.469 e. The van der Waals surface area contributed by atoms with Crippen LogP contribution in [-0.4, -0.2) is 25.7 Å². The molecule has 0 aliphatic carbocycles. The number of hydrogen-bond acceptors (Lipinski definition) is 3. The van der Waals surface area contributed by atoms with Gasteiger partial charge >= 0.3 is 0 Å². The lowest BCUT2D eigenvalue weighted by atomic mass is 10.2. The molecule has 18 heavy (non-hydrogen) atoms. The summed E-state index contributed by atoms with van der Waals surface area (Å²) in [5.74, 6) is 0.924. The van der Waals surface area contributed by atoms with Gasteiger partial charge in [0.1, 0.15) is 5.76 Å². The normalized spacial score (nSPS) is 10.5. The first kappa shape index (κ1) is 14.8. The van der Waals surface area contributed by atoms with Crippen molar-refractivity contribution in [1.29, 1.82) is 0 Å². The molecule has 0 saturated heterocycles. The topological polar surface area (TPSA) is 51.5 Å². The molecule has 1 rings (SSSR count). The van der Waals surface area contributed by atoms with Crippen LogP contribution >= 0.6 is 0 Å². The molecule has 1 aromatic rings. The number of aryl methyl sites for hydroxylation is 1. The molecule has 0 aromatic carbocycles. The third-order valence-corrected chi connectivity index (χ3v) is 2.61. The molecule has 0 fully saturated rings. The molecule has 0 bridgehead atoms. The number of carbonyl (C=O) groups is 1. The highest BCUT2D eigenvalue weighted by atomic mass is 16.5. The van der Waals surface area contributed by atoms with Crippen LogP contribution in [-0.2, 0) is 16.0 Å². The first-order valence-corrected chi connectivity index (χ1v) is 6.69. The van der Waals surface area contributed by atoms with E-state index in [1.165, 1.54) is 0 Å². The van der Waals surface area contributed by atoms with Gasteiger partial charge in [-0.05, 0) is 25.0 Å². The Hall–Kier alpha value is -1.29. The highest BCUT2D eigenvalue weighted by Crippen LogP contribution is 2.03. The number of furan rings is 1. The number of ether oxygens (including phenoxy) is 1. The van der Waals surface area contributed by atoms with Gasteiger partial charge in [0.25, 0.3) is 0 Å². The first-order valence-electron chi connectivity index (χ1n) is 6.69. The minimum absolute atomic E-state index is 0.0694. The van der Waals surface area contributed by atoms with Gasteiger partial charge in [-0.2, -0.15) is 0 Å². The van der Waals surface area contributed by atoms with E-state index in [1.807, 2.05) is 12.1 Å². The number of carbonyl (C=O) groups excluding carboxylic acids is 1. The zero-order chi connectivity index (χ0) is 13.1. The number of amides is 1. The van der Waals surface area contributed by atoms with Crippen LogP contribution in [0, 0.1) is 0 Å². The highest BCUT2D eigenvalue weighted by molar-refractivity contribution is 5.75. The van der Waals surface area contributed by atoms with Gasteiger partial charge in [-0.25, -0.2) is 0 Å². The van der Waals surface area contributed by atoms with Crippen LogP contribution in [0.15, 0.2) is 22.8 Å². The van der Waals surface area contributed by atoms with Crippen molar-refractivity contribution in [2.45, 2.75) is 39.0 Å². The summed E-state index contributed by atoms with van der Waals surface area (Å²) in [7, 11) is 0. The van der Waals surface area contributed by atoms with Gasteiger partial charge in [-0.1, -0.05) is 13.3 Å². The third-order valence-electron chi connectivity index (χ3n) is 2.61. The Labute approximate surface area is 109 Å². The molecule has 0 spiro atoms. The van der Waals surface area contributed by atoms with E-state index in [0.29, 0.717) is 19.4 Å². The number of unbranched alkanes of at least 4 members (excludes halogenated alkanes) is 1. The van der Waals surface area contributed by atoms with Gasteiger partial charge in [-0.15, -0.1) is 0 Å². The van der Waals surface area contributed by atoms with E-state index in [0.717, 1.165) is 38.2 Å². The molecular formula is C14H23NO3. The summed E-state index contributed by atoms with van der Waals surface area (Å²) in [5, 5.41) is 2.88. The Morgan fingerprint density at radius 1 is 1.39 bits per heavy atom. The Morgan fingerprint density at radius 3 is 2.94 bits per heavy atom. The summed E-state index contributed by atoms with van der Waals surface area (Å²) in [4.78, 5) is 11.5. The molecule has 1 N–H and O–H groups in total. The average molecular weight is 253 g/mol. The predicted octanol–water partition coefficient (Wildman–Crippen LogP) is 2.54. The quantitative estimate of drug-likeness (QED) is 0.652. The molecule has 0 aliphatic rings. The lowest BCUT2D eigenvalue weighted by Crippen LogP contribution is -2.25. The van der Waals surface area contributed by atoms with Crippen LogP contribution in [0.4, 0.5) is 0 Å². The van der Waals surface area contributed by atoms with Crippen molar-refractivity contribution in [2.75, 3.05) is 19.8 Å². The number of rotatable bonds is 10. The standard InChI is InChI=1S/C14H23NO3/c1-2-3-10-17-11-5-9-15-14(16)8-7-13-6-4-12-18-13/h4,6,12H,2-3,5,7-11H2,1H3,(H,15,16). The fourth-order valence-corrected chi connectivity index (χ4v) is 1.53. The Kier molecular flexibility index (Phi) is 7.97. The van der Waals surface area contributed by atoms with Crippen LogP contribution in [0.2, 0.25) is 0 Å². The zero-order valence-electron chi connectivity index (χ0n) is 11.1. The second-order valence-corrected chi connectivity index (χ2v) is 4.25. The molecule has 0 saturated carbocycles. The van der Waals surface area contributed by atoms with E-state index in [9.17, 15) is 4.79 Å². The molecule has 102 valence electrons. The smallest absolute Gasteiger partial charge is 0.220 e. The third kappa shape index (κ3) is 7.12. The second-order valence-electron chi connectivity index (χ2n) is 4.25. The Balaban J connectivity index is 1.90. The van der Waals surface area contributed by atoms with Crippen molar-refractivity contribution < 1.29 is 13.9 Å². The van der Waals surface area contributed by atoms with Gasteiger partial charge < -0.3 is 14.5 Å². The lowest BCUT2D eigenvalue weighted by molar-refractivity contribution is -0.121. The van der Waals surface area contributed by atoms with E-state index in [-0.39, 0.29) is 5.91 Å². The monoisotopic (exact) mass is 253 g/mol. The minimum atomic E-state index is 0.0694. The Morgan fingerprint density at radius 2 is 2.22 bits per heavy atom. The van der Waals surface area contributed by atoms with E-state index < -0.39 is 0 Å². The lowest BCUT2D eigenvalue weighted by Gasteiger charge is -2.05. The molecule has 0 atom stereocenters. The van der Waals surface area contributed by atoms with Gasteiger partial charge in [-0.3, -0.25) is 4.79 Å². The molecular weight excluding hydrogens is 230 g/mol. The van der Waals surface area contributed by atoms with Gasteiger partial charge in [0.2, 0.25) is 5.91 Å². The SMILES string of the molecule is CCCCOCCCNC(=O)CCc1ccco1. The molecule has 4 heteroatoms. The van der Waals surface area contributed by atoms with E-state index >= 15 is 0 Å². The van der Waals surface area contributed by atoms with Gasteiger partial charge in [0.05, 0.1) is 6.26 Å². The highest BCUT2D eigenvalue weighted by Gasteiger charge is 2.02. The summed E-state index contributed by atoms with van der Waals surface area (Å²) in [6.07, 6.45) is 5.89. The predicted molar refractivity (Wildman–Crippen MR) is 70.4 cm³/mol. The number of nitrogens with one attached hydrogen (secondary N) is 1. The van der Waals surface area contributed by atoms with Crippen LogP contribution < -0.4 is 5.32 Å². The van der Waals surface area contributed by atoms with Gasteiger partial charge in [0, 0.05) is 32.6 Å². The molecule has 1 aromatic heterocycles. The van der Waals surface area contributed by atoms with Crippen LogP contribution in [0.1, 0.15) is 38.4 Å². The summed E-state index contributed by atoms with van der Waals surface area (Å²) < 4.78 is 10.6. The van der Waals surface area contributed by atoms with Crippen molar-refractivity contribution in [2.24, 2.45) is 0 Å². The molecule has 0 unspecified atom stereocenters. The van der Waals surface area contributed by atoms with Gasteiger partial charge in [0.15, 0.2) is 0 Å². The van der Waals surface area contributed by atoms with Crippen LogP contribution in [0.25, 0.3) is 0 Å². The fraction of sp³-hybridized carbons (Fsp3) is 0.643. The van der Waals surface area contributed by atoms with Crippen molar-refractivity contribution in [1.82, 2.24) is 5.32 Å². The first-order chi connectivity index (χ1) is 8.83. The van der Waals surface area contributed by atoms with Crippen molar-refractivity contribution in [3.05, 3.63) is 24.2 Å². The summed E-state index contributed by atoms with van der Waals surface area (Å²) >= 11 is 0. The summed E-state index contributed by atoms with van der Waals surface area (Å²) in [6, 6.07) is 3.72. The molecule has 0 radical (unpaired) electrons. The van der Waals surface area contributed by atoms with Crippen LogP contribution in [0.3, 0.4) is 0 Å². The second kappa shape index (κ2) is 9.71. The van der Waals surface area contributed by atoms with E-state index in [4.69, 9.17) is 9.15 Å². The summed E-state index contributed by atoms with van der Waals surface area (Å²) in [6.45, 7) is 4.37. The van der Waals surface area contributed by atoms with Crippen molar-refractivity contribution in [3.8, 4) is 0 Å². The fourth-order valence-electron chi connectivity index (χ4n) is 1.53. The van der Waals surface area contributed by atoms with Crippen molar-refractivity contribution in [3.63, 3.8) is 0 Å². The zero-order valence-corrected chi connectivity index (χ0v) is 11.1. The van der Waals surface area contributed by atoms with E-state index in [1.54, 1.807) is 6.26 Å². The maximum absolute atomic E-state index is 11.5. The molecule has 1 heterocycles. The maximum atomic E-state index is 11.5. The number of hydrogen-bond donors (Lipinski definition) is 1. The molecule has 0 aliphatic heterocycles. The molecule has 4 nitrogen and oxygen atoms in total. The molecule has 1 amide bonds. The van der Waals surface area contributed by atoms with Crippen molar-refractivity contribution >= 4 is 5.91 Å². The van der Waals surface area contributed by atoms with Crippen LogP contribution in [0.5, 0.6) is 0 Å².